The molecule has 0 saturated carbocycles. The Kier molecular flexibility index (Phi) is 6.49. The number of amides is 1. The van der Waals surface area contributed by atoms with Gasteiger partial charge in [0.05, 0.1) is 0 Å². The Labute approximate surface area is 133 Å². The van der Waals surface area contributed by atoms with Gasteiger partial charge in [0.25, 0.3) is 5.91 Å². The maximum atomic E-state index is 12.2. The second-order valence-corrected chi connectivity index (χ2v) is 5.83. The van der Waals surface area contributed by atoms with Gasteiger partial charge in [-0.2, -0.15) is 0 Å². The molecule has 0 aromatic heterocycles. The summed E-state index contributed by atoms with van der Waals surface area (Å²) in [5.41, 5.74) is 6.96. The van der Waals surface area contributed by atoms with E-state index in [-0.39, 0.29) is 30.3 Å². The number of para-hydroxylation sites is 1. The summed E-state index contributed by atoms with van der Waals surface area (Å²) in [5.74, 6) is 0.859. The van der Waals surface area contributed by atoms with E-state index in [9.17, 15) is 4.79 Å². The van der Waals surface area contributed by atoms with E-state index < -0.39 is 0 Å². The first kappa shape index (κ1) is 17.8. The van der Waals surface area contributed by atoms with Gasteiger partial charge in [0.1, 0.15) is 5.75 Å². The highest BCUT2D eigenvalue weighted by molar-refractivity contribution is 5.85. The molecule has 1 aliphatic heterocycles. The van der Waals surface area contributed by atoms with E-state index in [1.165, 1.54) is 0 Å². The van der Waals surface area contributed by atoms with Gasteiger partial charge in [0.2, 0.25) is 0 Å². The van der Waals surface area contributed by atoms with Crippen LogP contribution >= 0.6 is 12.4 Å². The maximum absolute atomic E-state index is 12.2. The number of aryl methyl sites for hydroxylation is 1. The van der Waals surface area contributed by atoms with Crippen LogP contribution in [0, 0.1) is 5.41 Å². The highest BCUT2D eigenvalue weighted by atomic mass is 35.5. The minimum Gasteiger partial charge on any atom is -0.483 e. The first-order valence-electron chi connectivity index (χ1n) is 7.26. The number of nitrogens with two attached hydrogens (primary N) is 1. The predicted molar refractivity (Wildman–Crippen MR) is 86.9 cm³/mol. The van der Waals surface area contributed by atoms with Crippen molar-refractivity contribution in [2.24, 2.45) is 11.1 Å². The Morgan fingerprint density at radius 1 is 1.43 bits per heavy atom. The monoisotopic (exact) mass is 312 g/mol. The average Bonchev–Trinajstić information content (AvgIpc) is 2.88. The molecular formula is C16H25ClN2O2. The van der Waals surface area contributed by atoms with E-state index in [2.05, 4.69) is 13.8 Å². The lowest BCUT2D eigenvalue weighted by atomic mass is 9.90. The van der Waals surface area contributed by atoms with Crippen LogP contribution in [0.15, 0.2) is 24.3 Å². The molecule has 1 aromatic rings. The molecule has 1 aliphatic rings. The van der Waals surface area contributed by atoms with Gasteiger partial charge in [-0.1, -0.05) is 32.0 Å². The normalized spacial score (nSPS) is 21.0. The number of carbonyl (C=O) groups excluding carboxylic acids is 1. The van der Waals surface area contributed by atoms with Crippen LogP contribution in [0.1, 0.15) is 25.8 Å². The molecule has 1 saturated heterocycles. The lowest BCUT2D eigenvalue weighted by Gasteiger charge is -2.22. The summed E-state index contributed by atoms with van der Waals surface area (Å²) >= 11 is 0. The number of benzene rings is 1. The largest absolute Gasteiger partial charge is 0.483 e. The van der Waals surface area contributed by atoms with Crippen LogP contribution < -0.4 is 10.5 Å². The van der Waals surface area contributed by atoms with Crippen LogP contribution in [0.3, 0.4) is 0 Å². The highest BCUT2D eigenvalue weighted by Gasteiger charge is 2.34. The van der Waals surface area contributed by atoms with Gasteiger partial charge in [-0.3, -0.25) is 4.79 Å². The summed E-state index contributed by atoms with van der Waals surface area (Å²) in [6.45, 7) is 6.46. The van der Waals surface area contributed by atoms with Gasteiger partial charge in [0, 0.05) is 13.1 Å². The SMILES string of the molecule is CCc1ccccc1OCC(=O)N1CCC(C)(CN)C1.Cl. The fraction of sp³-hybridized carbons (Fsp3) is 0.562. The number of hydrogen-bond acceptors (Lipinski definition) is 3. The van der Waals surface area contributed by atoms with Crippen LogP contribution in [-0.4, -0.2) is 37.0 Å². The zero-order chi connectivity index (χ0) is 14.6. The van der Waals surface area contributed by atoms with Gasteiger partial charge < -0.3 is 15.4 Å². The lowest BCUT2D eigenvalue weighted by molar-refractivity contribution is -0.132. The first-order valence-corrected chi connectivity index (χ1v) is 7.26. The summed E-state index contributed by atoms with van der Waals surface area (Å²) in [6, 6.07) is 7.86. The summed E-state index contributed by atoms with van der Waals surface area (Å²) in [4.78, 5) is 14.0. The molecule has 1 atom stereocenters. The third-order valence-electron chi connectivity index (χ3n) is 4.11. The van der Waals surface area contributed by atoms with Gasteiger partial charge in [-0.05, 0) is 36.4 Å². The Morgan fingerprint density at radius 3 is 2.76 bits per heavy atom. The van der Waals surface area contributed by atoms with Crippen molar-refractivity contribution in [2.45, 2.75) is 26.7 Å². The molecule has 0 spiro atoms. The van der Waals surface area contributed by atoms with E-state index >= 15 is 0 Å². The predicted octanol–water partition coefficient (Wildman–Crippen LogP) is 2.25. The fourth-order valence-electron chi connectivity index (χ4n) is 2.57. The number of halogens is 1. The van der Waals surface area contributed by atoms with E-state index in [1.54, 1.807) is 0 Å². The number of carbonyl (C=O) groups is 1. The van der Waals surface area contributed by atoms with E-state index in [0.717, 1.165) is 37.2 Å². The van der Waals surface area contributed by atoms with Crippen molar-refractivity contribution in [1.29, 1.82) is 0 Å². The third-order valence-corrected chi connectivity index (χ3v) is 4.11. The van der Waals surface area contributed by atoms with E-state index in [4.69, 9.17) is 10.5 Å². The zero-order valence-corrected chi connectivity index (χ0v) is 13.6. The molecular weight excluding hydrogens is 288 g/mol. The molecule has 1 aromatic carbocycles. The van der Waals surface area contributed by atoms with Gasteiger partial charge in [0.15, 0.2) is 6.61 Å². The molecule has 0 aliphatic carbocycles. The van der Waals surface area contributed by atoms with Crippen LogP contribution in [0.5, 0.6) is 5.75 Å². The second-order valence-electron chi connectivity index (χ2n) is 5.83. The van der Waals surface area contributed by atoms with Crippen molar-refractivity contribution in [3.8, 4) is 5.75 Å². The Bertz CT molecular complexity index is 481. The average molecular weight is 313 g/mol. The van der Waals surface area contributed by atoms with Crippen molar-refractivity contribution < 1.29 is 9.53 Å². The summed E-state index contributed by atoms with van der Waals surface area (Å²) < 4.78 is 5.68. The van der Waals surface area contributed by atoms with E-state index in [1.807, 2.05) is 29.2 Å². The molecule has 1 heterocycles. The number of rotatable bonds is 5. The Balaban J connectivity index is 0.00000220. The zero-order valence-electron chi connectivity index (χ0n) is 12.8. The van der Waals surface area contributed by atoms with Crippen LogP contribution in [-0.2, 0) is 11.2 Å². The number of ether oxygens (including phenoxy) is 1. The molecule has 2 rings (SSSR count). The van der Waals surface area contributed by atoms with Crippen LogP contribution in [0.25, 0.3) is 0 Å². The fourth-order valence-corrected chi connectivity index (χ4v) is 2.57. The van der Waals surface area contributed by atoms with Crippen molar-refractivity contribution in [3.05, 3.63) is 29.8 Å². The summed E-state index contributed by atoms with van der Waals surface area (Å²) in [6.07, 6.45) is 1.88. The second kappa shape index (κ2) is 7.66. The van der Waals surface area contributed by atoms with Gasteiger partial charge in [-0.25, -0.2) is 0 Å². The molecule has 5 heteroatoms. The molecule has 1 amide bonds. The molecule has 0 bridgehead atoms. The molecule has 0 radical (unpaired) electrons. The molecule has 21 heavy (non-hydrogen) atoms. The minimum atomic E-state index is 0. The summed E-state index contributed by atoms with van der Waals surface area (Å²) in [5, 5.41) is 0. The molecule has 4 nitrogen and oxygen atoms in total. The maximum Gasteiger partial charge on any atom is 0.260 e. The topological polar surface area (TPSA) is 55.6 Å². The smallest absolute Gasteiger partial charge is 0.260 e. The van der Waals surface area contributed by atoms with Crippen molar-refractivity contribution in [2.75, 3.05) is 26.2 Å². The number of nitrogens with zero attached hydrogens (tertiary/aromatic N) is 1. The standard InChI is InChI=1S/C16H24N2O2.ClH/c1-3-13-6-4-5-7-14(13)20-10-15(19)18-9-8-16(2,11-17)12-18;/h4-7H,3,8-12,17H2,1-2H3;1H. The van der Waals surface area contributed by atoms with Gasteiger partial charge >= 0.3 is 0 Å². The number of likely N-dealkylation sites (tertiary alicyclic amines) is 1. The van der Waals surface area contributed by atoms with E-state index in [0.29, 0.717) is 6.54 Å². The minimum absolute atomic E-state index is 0. The first-order chi connectivity index (χ1) is 9.58. The number of hydrogen-bond donors (Lipinski definition) is 1. The highest BCUT2D eigenvalue weighted by Crippen LogP contribution is 2.28. The van der Waals surface area contributed by atoms with Gasteiger partial charge in [-0.15, -0.1) is 12.4 Å². The Hall–Kier alpha value is -1.26. The lowest BCUT2D eigenvalue weighted by Crippen LogP contribution is -2.36. The third kappa shape index (κ3) is 4.35. The molecule has 118 valence electrons. The molecule has 1 fully saturated rings. The van der Waals surface area contributed by atoms with Crippen molar-refractivity contribution in [1.82, 2.24) is 4.90 Å². The van der Waals surface area contributed by atoms with Crippen molar-refractivity contribution in [3.63, 3.8) is 0 Å². The van der Waals surface area contributed by atoms with Crippen molar-refractivity contribution >= 4 is 18.3 Å². The quantitative estimate of drug-likeness (QED) is 0.907. The molecule has 1 unspecified atom stereocenters. The summed E-state index contributed by atoms with van der Waals surface area (Å²) in [7, 11) is 0. The van der Waals surface area contributed by atoms with Crippen LogP contribution in [0.4, 0.5) is 0 Å². The Morgan fingerprint density at radius 2 is 2.14 bits per heavy atom. The molecule has 2 N–H and O–H groups in total. The van der Waals surface area contributed by atoms with Crippen LogP contribution in [0.2, 0.25) is 0 Å².